The molecule has 0 spiro atoms. The van der Waals surface area contributed by atoms with Gasteiger partial charge in [-0.3, -0.25) is 14.5 Å². The Morgan fingerprint density at radius 1 is 1.10 bits per heavy atom. The second-order valence-electron chi connectivity index (χ2n) is 8.50. The van der Waals surface area contributed by atoms with E-state index in [0.717, 1.165) is 48.6 Å². The van der Waals surface area contributed by atoms with Crippen LogP contribution in [0.15, 0.2) is 16.9 Å². The number of hydrogen-bond donors (Lipinski definition) is 2. The molecule has 2 aliphatic heterocycles. The molecule has 1 saturated heterocycles. The van der Waals surface area contributed by atoms with Gasteiger partial charge in [-0.15, -0.1) is 0 Å². The number of nitrogens with zero attached hydrogens (tertiary/aromatic N) is 2. The first kappa shape index (κ1) is 22.3. The van der Waals surface area contributed by atoms with E-state index in [4.69, 9.17) is 23.2 Å². The van der Waals surface area contributed by atoms with Crippen molar-refractivity contribution in [3.63, 3.8) is 0 Å². The Kier molecular flexibility index (Phi) is 6.44. The lowest BCUT2D eigenvalue weighted by atomic mass is 9.93. The van der Waals surface area contributed by atoms with Gasteiger partial charge < -0.3 is 15.2 Å². The molecule has 31 heavy (non-hydrogen) atoms. The van der Waals surface area contributed by atoms with Gasteiger partial charge in [0.2, 0.25) is 0 Å². The standard InChI is InChI=1S/C23H28Cl2N4O2/c1-13-10-14(2)27-22(30)18(13)12-29-7-4-16-19(24)11-17(21(25)20(16)23(29)31)15(3)28-8-5-26-6-9-28/h10-11,15,26H,4-9,12H2,1-3H3,(H,27,30). The van der Waals surface area contributed by atoms with Crippen LogP contribution < -0.4 is 10.9 Å². The van der Waals surface area contributed by atoms with E-state index in [1.54, 1.807) is 4.90 Å². The van der Waals surface area contributed by atoms with Crippen LogP contribution in [0.3, 0.4) is 0 Å². The summed E-state index contributed by atoms with van der Waals surface area (Å²) in [6.07, 6.45) is 0.616. The maximum Gasteiger partial charge on any atom is 0.256 e. The molecule has 1 aromatic heterocycles. The Labute approximate surface area is 192 Å². The molecular weight excluding hydrogens is 435 g/mol. The Morgan fingerprint density at radius 2 is 1.81 bits per heavy atom. The van der Waals surface area contributed by atoms with Gasteiger partial charge in [0.05, 0.1) is 17.1 Å². The van der Waals surface area contributed by atoms with Gasteiger partial charge in [0.25, 0.3) is 11.5 Å². The van der Waals surface area contributed by atoms with Gasteiger partial charge in [0.1, 0.15) is 0 Å². The highest BCUT2D eigenvalue weighted by Gasteiger charge is 2.32. The lowest BCUT2D eigenvalue weighted by Crippen LogP contribution is -2.44. The van der Waals surface area contributed by atoms with Crippen LogP contribution in [-0.4, -0.2) is 53.4 Å². The molecule has 2 aromatic rings. The van der Waals surface area contributed by atoms with Crippen LogP contribution >= 0.6 is 23.2 Å². The first-order valence-electron chi connectivity index (χ1n) is 10.7. The van der Waals surface area contributed by atoms with E-state index in [9.17, 15) is 9.59 Å². The second kappa shape index (κ2) is 8.94. The zero-order valence-corrected chi connectivity index (χ0v) is 19.7. The molecule has 0 aliphatic carbocycles. The number of amides is 1. The quantitative estimate of drug-likeness (QED) is 0.729. The predicted octanol–water partition coefficient (Wildman–Crippen LogP) is 3.46. The highest BCUT2D eigenvalue weighted by molar-refractivity contribution is 6.37. The number of H-pyrrole nitrogens is 1. The normalized spacial score (nSPS) is 18.2. The minimum Gasteiger partial charge on any atom is -0.334 e. The zero-order valence-electron chi connectivity index (χ0n) is 18.1. The number of carbonyl (C=O) groups excluding carboxylic acids is 1. The third-order valence-electron chi connectivity index (χ3n) is 6.47. The molecule has 6 nitrogen and oxygen atoms in total. The van der Waals surface area contributed by atoms with E-state index in [2.05, 4.69) is 22.1 Å². The van der Waals surface area contributed by atoms with Crippen molar-refractivity contribution >= 4 is 29.1 Å². The molecule has 3 heterocycles. The number of aromatic amines is 1. The van der Waals surface area contributed by atoms with E-state index >= 15 is 0 Å². The highest BCUT2D eigenvalue weighted by atomic mass is 35.5. The number of carbonyl (C=O) groups is 1. The predicted molar refractivity (Wildman–Crippen MR) is 124 cm³/mol. The van der Waals surface area contributed by atoms with Crippen molar-refractivity contribution in [3.8, 4) is 0 Å². The number of pyridine rings is 1. The Morgan fingerprint density at radius 3 is 2.48 bits per heavy atom. The largest absolute Gasteiger partial charge is 0.334 e. The molecule has 166 valence electrons. The number of rotatable bonds is 4. The Hall–Kier alpha value is -1.86. The summed E-state index contributed by atoms with van der Waals surface area (Å²) < 4.78 is 0. The van der Waals surface area contributed by atoms with Gasteiger partial charge in [-0.05, 0) is 56.0 Å². The lowest BCUT2D eigenvalue weighted by molar-refractivity contribution is 0.0726. The molecule has 0 radical (unpaired) electrons. The van der Waals surface area contributed by atoms with Crippen LogP contribution in [0.2, 0.25) is 10.0 Å². The summed E-state index contributed by atoms with van der Waals surface area (Å²) in [6, 6.07) is 3.91. The van der Waals surface area contributed by atoms with Crippen LogP contribution in [0, 0.1) is 13.8 Å². The number of benzene rings is 1. The molecule has 1 fully saturated rings. The summed E-state index contributed by atoms with van der Waals surface area (Å²) in [5.74, 6) is -0.165. The van der Waals surface area contributed by atoms with Crippen LogP contribution in [-0.2, 0) is 13.0 Å². The van der Waals surface area contributed by atoms with E-state index in [1.807, 2.05) is 26.0 Å². The van der Waals surface area contributed by atoms with Crippen molar-refractivity contribution in [2.75, 3.05) is 32.7 Å². The lowest BCUT2D eigenvalue weighted by Gasteiger charge is -2.35. The van der Waals surface area contributed by atoms with E-state index in [1.165, 1.54) is 0 Å². The second-order valence-corrected chi connectivity index (χ2v) is 9.28. The summed E-state index contributed by atoms with van der Waals surface area (Å²) in [4.78, 5) is 32.8. The van der Waals surface area contributed by atoms with Crippen LogP contribution in [0.1, 0.15) is 51.3 Å². The van der Waals surface area contributed by atoms with Gasteiger partial charge in [-0.25, -0.2) is 0 Å². The number of fused-ring (bicyclic) bond motifs is 1. The molecule has 0 bridgehead atoms. The average molecular weight is 463 g/mol. The molecule has 1 aromatic carbocycles. The fourth-order valence-electron chi connectivity index (χ4n) is 4.65. The van der Waals surface area contributed by atoms with Gasteiger partial charge in [-0.1, -0.05) is 23.2 Å². The van der Waals surface area contributed by atoms with Crippen molar-refractivity contribution in [1.82, 2.24) is 20.1 Å². The summed E-state index contributed by atoms with van der Waals surface area (Å²) in [7, 11) is 0. The highest BCUT2D eigenvalue weighted by Crippen LogP contribution is 2.39. The number of nitrogens with one attached hydrogen (secondary N) is 2. The smallest absolute Gasteiger partial charge is 0.256 e. The number of aryl methyl sites for hydroxylation is 2. The van der Waals surface area contributed by atoms with E-state index < -0.39 is 0 Å². The molecule has 4 rings (SSSR count). The molecule has 2 N–H and O–H groups in total. The van der Waals surface area contributed by atoms with Crippen molar-refractivity contribution in [3.05, 3.63) is 66.0 Å². The number of hydrogen-bond acceptors (Lipinski definition) is 4. The SMILES string of the molecule is Cc1cc(C)c(CN2CCc3c(Cl)cc(C(C)N4CCNCC4)c(Cl)c3C2=O)c(=O)[nH]1. The molecule has 1 amide bonds. The Balaban J connectivity index is 1.68. The number of aromatic nitrogens is 1. The van der Waals surface area contributed by atoms with Gasteiger partial charge in [0, 0.05) is 55.0 Å². The van der Waals surface area contributed by atoms with E-state index in [0.29, 0.717) is 34.1 Å². The van der Waals surface area contributed by atoms with Gasteiger partial charge >= 0.3 is 0 Å². The summed E-state index contributed by atoms with van der Waals surface area (Å²) in [6.45, 7) is 10.3. The third kappa shape index (κ3) is 4.27. The monoisotopic (exact) mass is 462 g/mol. The zero-order chi connectivity index (χ0) is 22.3. The van der Waals surface area contributed by atoms with E-state index in [-0.39, 0.29) is 24.1 Å². The van der Waals surface area contributed by atoms with Crippen molar-refractivity contribution in [1.29, 1.82) is 0 Å². The van der Waals surface area contributed by atoms with Crippen molar-refractivity contribution < 1.29 is 4.79 Å². The minimum absolute atomic E-state index is 0.0581. The van der Waals surface area contributed by atoms with Crippen LogP contribution in [0.4, 0.5) is 0 Å². The van der Waals surface area contributed by atoms with Gasteiger partial charge in [-0.2, -0.15) is 0 Å². The maximum atomic E-state index is 13.5. The molecular formula is C23H28Cl2N4O2. The van der Waals surface area contributed by atoms with Gasteiger partial charge in [0.15, 0.2) is 0 Å². The average Bonchev–Trinajstić information content (AvgIpc) is 2.74. The minimum atomic E-state index is -0.165. The fraction of sp³-hybridized carbons (Fsp3) is 0.478. The number of halogens is 2. The summed E-state index contributed by atoms with van der Waals surface area (Å²) in [5.41, 5.74) is 4.31. The molecule has 1 unspecified atom stereocenters. The first-order chi connectivity index (χ1) is 14.8. The summed E-state index contributed by atoms with van der Waals surface area (Å²) in [5, 5.41) is 4.43. The number of piperazine rings is 1. The summed E-state index contributed by atoms with van der Waals surface area (Å²) >= 11 is 13.5. The molecule has 8 heteroatoms. The molecule has 0 saturated carbocycles. The topological polar surface area (TPSA) is 68.4 Å². The fourth-order valence-corrected chi connectivity index (χ4v) is 5.36. The van der Waals surface area contributed by atoms with Crippen LogP contribution in [0.25, 0.3) is 0 Å². The third-order valence-corrected chi connectivity index (χ3v) is 7.21. The van der Waals surface area contributed by atoms with Crippen molar-refractivity contribution in [2.45, 2.75) is 39.8 Å². The molecule has 2 aliphatic rings. The first-order valence-corrected chi connectivity index (χ1v) is 11.5. The molecule has 1 atom stereocenters. The maximum absolute atomic E-state index is 13.5. The van der Waals surface area contributed by atoms with Crippen LogP contribution in [0.5, 0.6) is 0 Å². The Bertz CT molecular complexity index is 1080. The van der Waals surface area contributed by atoms with Crippen molar-refractivity contribution in [2.24, 2.45) is 0 Å².